The highest BCUT2D eigenvalue weighted by atomic mass is 19.2. The summed E-state index contributed by atoms with van der Waals surface area (Å²) >= 11 is 0. The second kappa shape index (κ2) is 7.69. The van der Waals surface area contributed by atoms with E-state index < -0.39 is 23.4 Å². The normalized spacial score (nSPS) is 10.3. The first-order chi connectivity index (χ1) is 11.8. The molecule has 2 aromatic rings. The van der Waals surface area contributed by atoms with Gasteiger partial charge in [-0.25, -0.2) is 13.2 Å². The molecule has 0 aromatic heterocycles. The van der Waals surface area contributed by atoms with Gasteiger partial charge in [-0.2, -0.15) is 0 Å². The second-order valence-electron chi connectivity index (χ2n) is 5.41. The van der Waals surface area contributed by atoms with E-state index in [4.69, 9.17) is 0 Å². The fourth-order valence-corrected chi connectivity index (χ4v) is 2.03. The summed E-state index contributed by atoms with van der Waals surface area (Å²) in [4.78, 5) is 25.2. The molecule has 0 radical (unpaired) electrons. The molecule has 0 heterocycles. The van der Waals surface area contributed by atoms with E-state index in [0.29, 0.717) is 11.3 Å². The Morgan fingerprint density at radius 1 is 1.04 bits per heavy atom. The van der Waals surface area contributed by atoms with Crippen molar-refractivity contribution in [1.82, 2.24) is 4.90 Å². The fraction of sp³-hybridized carbons (Fsp3) is 0.176. The predicted molar refractivity (Wildman–Crippen MR) is 87.9 cm³/mol. The highest BCUT2D eigenvalue weighted by Gasteiger charge is 2.14. The Morgan fingerprint density at radius 3 is 2.44 bits per heavy atom. The number of hydrogen-bond donors (Lipinski definition) is 2. The van der Waals surface area contributed by atoms with Gasteiger partial charge in [-0.3, -0.25) is 9.59 Å². The average Bonchev–Trinajstić information content (AvgIpc) is 2.58. The summed E-state index contributed by atoms with van der Waals surface area (Å²) in [5.41, 5.74) is 0.443. The van der Waals surface area contributed by atoms with Gasteiger partial charge >= 0.3 is 0 Å². The van der Waals surface area contributed by atoms with E-state index in [1.807, 2.05) is 0 Å². The number of rotatable bonds is 5. The van der Waals surface area contributed by atoms with Gasteiger partial charge in [-0.1, -0.05) is 6.07 Å². The van der Waals surface area contributed by atoms with E-state index in [-0.39, 0.29) is 18.1 Å². The van der Waals surface area contributed by atoms with Crippen molar-refractivity contribution in [3.8, 4) is 0 Å². The average molecular weight is 351 g/mol. The highest BCUT2D eigenvalue weighted by molar-refractivity contribution is 5.97. The van der Waals surface area contributed by atoms with E-state index >= 15 is 0 Å². The molecule has 0 atom stereocenters. The number of nitrogens with zero attached hydrogens (tertiary/aromatic N) is 1. The summed E-state index contributed by atoms with van der Waals surface area (Å²) in [6.45, 7) is -0.367. The number of amides is 2. The lowest BCUT2D eigenvalue weighted by atomic mass is 10.2. The van der Waals surface area contributed by atoms with Crippen molar-refractivity contribution < 1.29 is 22.8 Å². The van der Waals surface area contributed by atoms with Crippen molar-refractivity contribution >= 4 is 23.2 Å². The summed E-state index contributed by atoms with van der Waals surface area (Å²) in [6.07, 6.45) is 0. The number of hydrogen-bond acceptors (Lipinski definition) is 3. The molecule has 0 spiro atoms. The van der Waals surface area contributed by atoms with Crippen LogP contribution in [0.25, 0.3) is 0 Å². The van der Waals surface area contributed by atoms with Gasteiger partial charge in [0.05, 0.1) is 12.2 Å². The number of carbonyl (C=O) groups excluding carboxylic acids is 2. The Hall–Kier alpha value is -3.03. The van der Waals surface area contributed by atoms with Crippen LogP contribution >= 0.6 is 0 Å². The topological polar surface area (TPSA) is 61.4 Å². The molecular formula is C17H16F3N3O2. The Kier molecular flexibility index (Phi) is 5.63. The van der Waals surface area contributed by atoms with Gasteiger partial charge in [0.15, 0.2) is 17.5 Å². The standard InChI is InChI=1S/C17H16F3N3O2/c1-23(2)17(25)10-4-3-5-11(8-10)22-14(24)9-21-13-7-6-12(18)15(19)16(13)20/h3-8,21H,9H2,1-2H3,(H,22,24). The molecule has 132 valence electrons. The van der Waals surface area contributed by atoms with Crippen LogP contribution in [-0.2, 0) is 4.79 Å². The first kappa shape index (κ1) is 18.3. The lowest BCUT2D eigenvalue weighted by molar-refractivity contribution is -0.114. The number of anilines is 2. The molecule has 0 bridgehead atoms. The van der Waals surface area contributed by atoms with Gasteiger partial charge < -0.3 is 15.5 Å². The van der Waals surface area contributed by atoms with Crippen molar-refractivity contribution in [2.24, 2.45) is 0 Å². The molecule has 0 unspecified atom stereocenters. The molecule has 25 heavy (non-hydrogen) atoms. The second-order valence-corrected chi connectivity index (χ2v) is 5.41. The maximum absolute atomic E-state index is 13.5. The minimum atomic E-state index is -1.61. The van der Waals surface area contributed by atoms with Gasteiger partial charge in [-0.15, -0.1) is 0 Å². The maximum atomic E-state index is 13.5. The largest absolute Gasteiger partial charge is 0.374 e. The fourth-order valence-electron chi connectivity index (χ4n) is 2.03. The molecule has 2 rings (SSSR count). The Balaban J connectivity index is 2.00. The zero-order valence-corrected chi connectivity index (χ0v) is 13.6. The smallest absolute Gasteiger partial charge is 0.253 e. The molecule has 2 amide bonds. The molecule has 8 heteroatoms. The number of halogens is 3. The molecule has 0 fully saturated rings. The van der Waals surface area contributed by atoms with Gasteiger partial charge in [0.25, 0.3) is 5.91 Å². The van der Waals surface area contributed by atoms with Crippen LogP contribution < -0.4 is 10.6 Å². The minimum absolute atomic E-state index is 0.224. The van der Waals surface area contributed by atoms with Crippen LogP contribution in [0.3, 0.4) is 0 Å². The molecule has 5 nitrogen and oxygen atoms in total. The third-order valence-electron chi connectivity index (χ3n) is 3.27. The monoisotopic (exact) mass is 351 g/mol. The van der Waals surface area contributed by atoms with E-state index in [1.165, 1.54) is 11.0 Å². The molecule has 0 saturated carbocycles. The molecule has 0 saturated heterocycles. The molecule has 0 aliphatic heterocycles. The minimum Gasteiger partial charge on any atom is -0.374 e. The maximum Gasteiger partial charge on any atom is 0.253 e. The third kappa shape index (κ3) is 4.50. The van der Waals surface area contributed by atoms with Crippen LogP contribution in [0.1, 0.15) is 10.4 Å². The number of carbonyl (C=O) groups is 2. The van der Waals surface area contributed by atoms with Gasteiger partial charge in [0.2, 0.25) is 5.91 Å². The quantitative estimate of drug-likeness (QED) is 0.815. The number of benzene rings is 2. The first-order valence-corrected chi connectivity index (χ1v) is 7.28. The summed E-state index contributed by atoms with van der Waals surface area (Å²) in [6, 6.07) is 8.05. The SMILES string of the molecule is CN(C)C(=O)c1cccc(NC(=O)CNc2ccc(F)c(F)c2F)c1. The van der Waals surface area contributed by atoms with Crippen LogP contribution in [0.15, 0.2) is 36.4 Å². The van der Waals surface area contributed by atoms with Crippen molar-refractivity contribution in [3.63, 3.8) is 0 Å². The zero-order chi connectivity index (χ0) is 18.6. The Morgan fingerprint density at radius 2 is 1.76 bits per heavy atom. The lowest BCUT2D eigenvalue weighted by Gasteiger charge is -2.12. The van der Waals surface area contributed by atoms with Gasteiger partial charge in [0, 0.05) is 25.3 Å². The van der Waals surface area contributed by atoms with E-state index in [9.17, 15) is 22.8 Å². The third-order valence-corrected chi connectivity index (χ3v) is 3.27. The van der Waals surface area contributed by atoms with Crippen LogP contribution in [0, 0.1) is 17.5 Å². The molecule has 2 aromatic carbocycles. The molecular weight excluding hydrogens is 335 g/mol. The molecule has 0 aliphatic carbocycles. The summed E-state index contributed by atoms with van der Waals surface area (Å²) < 4.78 is 39.5. The van der Waals surface area contributed by atoms with Crippen LogP contribution in [-0.4, -0.2) is 37.4 Å². The summed E-state index contributed by atoms with van der Waals surface area (Å²) in [7, 11) is 3.21. The van der Waals surface area contributed by atoms with E-state index in [1.54, 1.807) is 32.3 Å². The Bertz CT molecular complexity index is 810. The molecule has 0 aliphatic rings. The predicted octanol–water partition coefficient (Wildman–Crippen LogP) is 2.86. The molecule has 2 N–H and O–H groups in total. The summed E-state index contributed by atoms with van der Waals surface area (Å²) in [5, 5.41) is 4.92. The number of nitrogens with one attached hydrogen (secondary N) is 2. The van der Waals surface area contributed by atoms with Crippen molar-refractivity contribution in [2.45, 2.75) is 0 Å². The van der Waals surface area contributed by atoms with Crippen molar-refractivity contribution in [1.29, 1.82) is 0 Å². The van der Waals surface area contributed by atoms with Crippen LogP contribution in [0.5, 0.6) is 0 Å². The van der Waals surface area contributed by atoms with Crippen LogP contribution in [0.4, 0.5) is 24.5 Å². The van der Waals surface area contributed by atoms with Crippen molar-refractivity contribution in [2.75, 3.05) is 31.3 Å². The summed E-state index contributed by atoms with van der Waals surface area (Å²) in [5.74, 6) is -5.08. The van der Waals surface area contributed by atoms with Gasteiger partial charge in [0.1, 0.15) is 0 Å². The van der Waals surface area contributed by atoms with Gasteiger partial charge in [-0.05, 0) is 30.3 Å². The zero-order valence-electron chi connectivity index (χ0n) is 13.6. The van der Waals surface area contributed by atoms with Crippen molar-refractivity contribution in [3.05, 3.63) is 59.4 Å². The first-order valence-electron chi connectivity index (χ1n) is 7.28. The Labute approximate surface area is 142 Å². The van der Waals surface area contributed by atoms with Crippen LogP contribution in [0.2, 0.25) is 0 Å². The lowest BCUT2D eigenvalue weighted by Crippen LogP contribution is -2.24. The van der Waals surface area contributed by atoms with E-state index in [2.05, 4.69) is 10.6 Å². The van der Waals surface area contributed by atoms with E-state index in [0.717, 1.165) is 12.1 Å². The highest BCUT2D eigenvalue weighted by Crippen LogP contribution is 2.19.